The Morgan fingerprint density at radius 2 is 2.00 bits per heavy atom. The van der Waals surface area contributed by atoms with Gasteiger partial charge in [-0.3, -0.25) is 9.59 Å². The van der Waals surface area contributed by atoms with Crippen LogP contribution in [0.25, 0.3) is 0 Å². The maximum absolute atomic E-state index is 12.7. The molecule has 0 spiro atoms. The summed E-state index contributed by atoms with van der Waals surface area (Å²) in [5, 5.41) is 7.05. The molecule has 2 atom stereocenters. The molecule has 1 saturated heterocycles. The van der Waals surface area contributed by atoms with Crippen molar-refractivity contribution in [1.82, 2.24) is 15.4 Å². The predicted molar refractivity (Wildman–Crippen MR) is 113 cm³/mol. The summed E-state index contributed by atoms with van der Waals surface area (Å²) in [6, 6.07) is 12.0. The Kier molecular flexibility index (Phi) is 6.47. The number of benzene rings is 1. The Bertz CT molecular complexity index is 862. The molecule has 0 radical (unpaired) electrons. The van der Waals surface area contributed by atoms with Crippen LogP contribution < -0.4 is 11.1 Å². The van der Waals surface area contributed by atoms with Gasteiger partial charge in [-0.1, -0.05) is 35.5 Å². The molecule has 1 saturated carbocycles. The first-order valence-corrected chi connectivity index (χ1v) is 10.9. The highest BCUT2D eigenvalue weighted by atomic mass is 16.5. The Morgan fingerprint density at radius 3 is 2.73 bits per heavy atom. The molecular formula is C23H30N4O3. The Morgan fingerprint density at radius 1 is 1.20 bits per heavy atom. The van der Waals surface area contributed by atoms with Crippen LogP contribution in [0.5, 0.6) is 0 Å². The molecule has 1 aliphatic heterocycles. The number of carbonyl (C=O) groups excluding carboxylic acids is 2. The van der Waals surface area contributed by atoms with Gasteiger partial charge in [0.15, 0.2) is 5.69 Å². The molecule has 1 aliphatic carbocycles. The van der Waals surface area contributed by atoms with E-state index in [4.69, 9.17) is 10.3 Å². The topological polar surface area (TPSA) is 101 Å². The molecule has 3 N–H and O–H groups in total. The molecule has 7 heteroatoms. The van der Waals surface area contributed by atoms with E-state index in [2.05, 4.69) is 22.6 Å². The van der Waals surface area contributed by atoms with Crippen LogP contribution in [0, 0.1) is 0 Å². The lowest BCUT2D eigenvalue weighted by Gasteiger charge is -2.40. The van der Waals surface area contributed by atoms with Crippen molar-refractivity contribution >= 4 is 11.8 Å². The van der Waals surface area contributed by atoms with E-state index in [1.807, 2.05) is 23.1 Å². The van der Waals surface area contributed by atoms with E-state index in [-0.39, 0.29) is 23.9 Å². The van der Waals surface area contributed by atoms with E-state index in [1.54, 1.807) is 6.07 Å². The van der Waals surface area contributed by atoms with Crippen LogP contribution in [0.15, 0.2) is 40.9 Å². The highest BCUT2D eigenvalue weighted by molar-refractivity contribution is 5.92. The van der Waals surface area contributed by atoms with E-state index in [1.165, 1.54) is 5.56 Å². The highest BCUT2D eigenvalue weighted by Gasteiger charge is 2.33. The molecule has 160 valence electrons. The number of nitrogens with one attached hydrogen (secondary N) is 1. The zero-order valence-electron chi connectivity index (χ0n) is 17.3. The lowest BCUT2D eigenvalue weighted by Crippen LogP contribution is -2.52. The number of piperidine rings is 1. The van der Waals surface area contributed by atoms with Gasteiger partial charge in [-0.05, 0) is 50.6 Å². The average molecular weight is 411 g/mol. The first-order chi connectivity index (χ1) is 14.6. The number of nitrogens with two attached hydrogens (primary N) is 1. The molecule has 0 unspecified atom stereocenters. The molecule has 1 aromatic carbocycles. The van der Waals surface area contributed by atoms with Crippen LogP contribution in [0.2, 0.25) is 0 Å². The van der Waals surface area contributed by atoms with Crippen molar-refractivity contribution in [1.29, 1.82) is 0 Å². The number of rotatable bonds is 8. The summed E-state index contributed by atoms with van der Waals surface area (Å²) >= 11 is 0. The summed E-state index contributed by atoms with van der Waals surface area (Å²) in [6.45, 7) is 1.15. The number of hydrogen-bond acceptors (Lipinski definition) is 5. The van der Waals surface area contributed by atoms with Gasteiger partial charge in [0.05, 0.1) is 0 Å². The van der Waals surface area contributed by atoms with Crippen molar-refractivity contribution < 1.29 is 14.1 Å². The largest absolute Gasteiger partial charge is 0.360 e. The van der Waals surface area contributed by atoms with E-state index in [9.17, 15) is 9.59 Å². The second kappa shape index (κ2) is 9.43. The maximum atomic E-state index is 12.7. The lowest BCUT2D eigenvalue weighted by atomic mass is 9.91. The van der Waals surface area contributed by atoms with E-state index < -0.39 is 0 Å². The average Bonchev–Trinajstić information content (AvgIpc) is 3.49. The second-order valence-corrected chi connectivity index (χ2v) is 8.41. The van der Waals surface area contributed by atoms with E-state index in [0.29, 0.717) is 37.5 Å². The minimum absolute atomic E-state index is 0.00541. The predicted octanol–water partition coefficient (Wildman–Crippen LogP) is 2.62. The molecule has 4 rings (SSSR count). The minimum Gasteiger partial charge on any atom is -0.360 e. The first kappa shape index (κ1) is 20.6. The third-order valence-corrected chi connectivity index (χ3v) is 6.02. The number of aromatic nitrogens is 1. The fourth-order valence-electron chi connectivity index (χ4n) is 4.20. The Labute approximate surface area is 177 Å². The van der Waals surface area contributed by atoms with Gasteiger partial charge in [-0.2, -0.15) is 0 Å². The second-order valence-electron chi connectivity index (χ2n) is 8.41. The standard InChI is InChI=1S/C23H30N4O3/c24-11-4-7-22(28)27-12-10-18(14-19(27)13-16-5-2-1-3-6-16)25-23(29)20-15-21(30-26-20)17-8-9-17/h1-3,5-6,15,17-19H,4,7-14,24H2,(H,25,29)/t18-,19+/m1/s1. The van der Waals surface area contributed by atoms with Gasteiger partial charge in [-0.15, -0.1) is 0 Å². The molecular weight excluding hydrogens is 380 g/mol. The Balaban J connectivity index is 1.41. The summed E-state index contributed by atoms with van der Waals surface area (Å²) in [7, 11) is 0. The lowest BCUT2D eigenvalue weighted by molar-refractivity contribution is -0.135. The van der Waals surface area contributed by atoms with Crippen molar-refractivity contribution in [3.05, 3.63) is 53.4 Å². The molecule has 2 aromatic rings. The van der Waals surface area contributed by atoms with Crippen LogP contribution in [0.4, 0.5) is 0 Å². The fraction of sp³-hybridized carbons (Fsp3) is 0.522. The smallest absolute Gasteiger partial charge is 0.273 e. The van der Waals surface area contributed by atoms with Crippen LogP contribution in [-0.2, 0) is 11.2 Å². The molecule has 1 aromatic heterocycles. The third kappa shape index (κ3) is 5.08. The van der Waals surface area contributed by atoms with Crippen molar-refractivity contribution in [2.45, 2.75) is 62.9 Å². The minimum atomic E-state index is -0.197. The highest BCUT2D eigenvalue weighted by Crippen LogP contribution is 2.40. The van der Waals surface area contributed by atoms with E-state index >= 15 is 0 Å². The number of hydrogen-bond donors (Lipinski definition) is 2. The van der Waals surface area contributed by atoms with Gasteiger partial charge in [-0.25, -0.2) is 0 Å². The summed E-state index contributed by atoms with van der Waals surface area (Å²) in [6.07, 6.45) is 5.62. The van der Waals surface area contributed by atoms with Gasteiger partial charge in [0, 0.05) is 37.0 Å². The van der Waals surface area contributed by atoms with Crippen LogP contribution in [-0.4, -0.2) is 47.0 Å². The number of amides is 2. The van der Waals surface area contributed by atoms with Crippen molar-refractivity contribution in [3.63, 3.8) is 0 Å². The summed E-state index contributed by atoms with van der Waals surface area (Å²) < 4.78 is 5.31. The van der Waals surface area contributed by atoms with Crippen molar-refractivity contribution in [2.75, 3.05) is 13.1 Å². The maximum Gasteiger partial charge on any atom is 0.273 e. The number of likely N-dealkylation sites (tertiary alicyclic amines) is 1. The first-order valence-electron chi connectivity index (χ1n) is 10.9. The molecule has 2 heterocycles. The summed E-state index contributed by atoms with van der Waals surface area (Å²) in [4.78, 5) is 27.4. The SMILES string of the molecule is NCCCC(=O)N1CC[C@@H](NC(=O)c2cc(C3CC3)on2)C[C@@H]1Cc1ccccc1. The molecule has 2 aliphatic rings. The molecule has 30 heavy (non-hydrogen) atoms. The number of nitrogens with zero attached hydrogens (tertiary/aromatic N) is 2. The molecule has 2 amide bonds. The van der Waals surface area contributed by atoms with Crippen molar-refractivity contribution in [3.8, 4) is 0 Å². The number of carbonyl (C=O) groups is 2. The quantitative estimate of drug-likeness (QED) is 0.697. The zero-order chi connectivity index (χ0) is 20.9. The van der Waals surface area contributed by atoms with Crippen LogP contribution in [0.1, 0.15) is 66.3 Å². The summed E-state index contributed by atoms with van der Waals surface area (Å²) in [5.41, 5.74) is 7.13. The van der Waals surface area contributed by atoms with Gasteiger partial charge in [0.2, 0.25) is 5.91 Å². The van der Waals surface area contributed by atoms with Gasteiger partial charge in [0.25, 0.3) is 5.91 Å². The monoisotopic (exact) mass is 410 g/mol. The van der Waals surface area contributed by atoms with Gasteiger partial charge in [0.1, 0.15) is 5.76 Å². The normalized spacial score (nSPS) is 21.4. The van der Waals surface area contributed by atoms with Gasteiger partial charge < -0.3 is 20.5 Å². The Hall–Kier alpha value is -2.67. The van der Waals surface area contributed by atoms with Crippen molar-refractivity contribution in [2.24, 2.45) is 5.73 Å². The van der Waals surface area contributed by atoms with Gasteiger partial charge >= 0.3 is 0 Å². The van der Waals surface area contributed by atoms with Crippen LogP contribution in [0.3, 0.4) is 0 Å². The fourth-order valence-corrected chi connectivity index (χ4v) is 4.20. The molecule has 2 fully saturated rings. The van der Waals surface area contributed by atoms with E-state index in [0.717, 1.165) is 37.9 Å². The van der Waals surface area contributed by atoms with Crippen LogP contribution >= 0.6 is 0 Å². The molecule has 7 nitrogen and oxygen atoms in total. The zero-order valence-corrected chi connectivity index (χ0v) is 17.3. The third-order valence-electron chi connectivity index (χ3n) is 6.02. The summed E-state index contributed by atoms with van der Waals surface area (Å²) in [5.74, 6) is 1.19. The molecule has 0 bridgehead atoms.